The smallest absolute Gasteiger partial charge is 0.240 e. The minimum absolute atomic E-state index is 0.304. The fourth-order valence-electron chi connectivity index (χ4n) is 2.62. The fourth-order valence-corrected chi connectivity index (χ4v) is 3.65. The number of sulfonamides is 1. The van der Waals surface area contributed by atoms with E-state index in [1.54, 1.807) is 24.3 Å². The first kappa shape index (κ1) is 15.8. The van der Waals surface area contributed by atoms with Crippen LogP contribution >= 0.6 is 0 Å². The Balaban J connectivity index is 1.70. The van der Waals surface area contributed by atoms with Gasteiger partial charge in [-0.1, -0.05) is 29.3 Å². The summed E-state index contributed by atoms with van der Waals surface area (Å²) in [4.78, 5) is 3.53. The molecule has 0 aliphatic carbocycles. The van der Waals surface area contributed by atoms with Crippen molar-refractivity contribution >= 4 is 20.9 Å². The van der Waals surface area contributed by atoms with Crippen LogP contribution < -0.4 is 4.72 Å². The van der Waals surface area contributed by atoms with Gasteiger partial charge in [0.2, 0.25) is 10.0 Å². The molecular weight excluding hydrogens is 308 g/mol. The summed E-state index contributed by atoms with van der Waals surface area (Å²) in [6.07, 6.45) is 2.60. The van der Waals surface area contributed by atoms with E-state index in [1.807, 2.05) is 19.2 Å². The lowest BCUT2D eigenvalue weighted by Crippen LogP contribution is -2.25. The highest BCUT2D eigenvalue weighted by molar-refractivity contribution is 7.89. The molecule has 0 atom stereocenters. The van der Waals surface area contributed by atoms with E-state index >= 15 is 0 Å². The molecule has 1 aromatic heterocycles. The zero-order chi connectivity index (χ0) is 16.4. The first-order valence-corrected chi connectivity index (χ1v) is 9.07. The Morgan fingerprint density at radius 3 is 2.43 bits per heavy atom. The van der Waals surface area contributed by atoms with E-state index in [1.165, 1.54) is 5.56 Å². The van der Waals surface area contributed by atoms with Crippen molar-refractivity contribution in [1.82, 2.24) is 9.71 Å². The first-order chi connectivity index (χ1) is 11.0. The molecule has 0 amide bonds. The maximum atomic E-state index is 12.3. The molecule has 4 nitrogen and oxygen atoms in total. The molecule has 2 aromatic carbocycles. The van der Waals surface area contributed by atoms with Crippen LogP contribution in [0, 0.1) is 13.8 Å². The molecular formula is C18H20N2O2S. The van der Waals surface area contributed by atoms with Crippen molar-refractivity contribution in [3.05, 3.63) is 65.4 Å². The molecule has 3 aromatic rings. The van der Waals surface area contributed by atoms with E-state index in [-0.39, 0.29) is 0 Å². The summed E-state index contributed by atoms with van der Waals surface area (Å²) >= 11 is 0. The molecule has 0 aliphatic rings. The van der Waals surface area contributed by atoms with Gasteiger partial charge in [0.25, 0.3) is 0 Å². The summed E-state index contributed by atoms with van der Waals surface area (Å²) < 4.78 is 27.2. The number of aromatic amines is 1. The molecule has 5 heteroatoms. The average molecular weight is 328 g/mol. The fraction of sp³-hybridized carbons (Fsp3) is 0.222. The van der Waals surface area contributed by atoms with Crippen LogP contribution in [0.1, 0.15) is 16.7 Å². The molecule has 120 valence electrons. The summed E-state index contributed by atoms with van der Waals surface area (Å²) in [5.74, 6) is 0. The zero-order valence-corrected chi connectivity index (χ0v) is 14.1. The number of hydrogen-bond donors (Lipinski definition) is 2. The third-order valence-corrected chi connectivity index (χ3v) is 5.42. The third kappa shape index (κ3) is 3.46. The highest BCUT2D eigenvalue weighted by atomic mass is 32.2. The Bertz CT molecular complexity index is 925. The maximum absolute atomic E-state index is 12.3. The number of benzene rings is 2. The Hall–Kier alpha value is -2.11. The number of hydrogen-bond acceptors (Lipinski definition) is 2. The van der Waals surface area contributed by atoms with E-state index in [0.717, 1.165) is 22.0 Å². The van der Waals surface area contributed by atoms with Crippen molar-refractivity contribution in [2.24, 2.45) is 0 Å². The van der Waals surface area contributed by atoms with Gasteiger partial charge in [0.1, 0.15) is 0 Å². The molecule has 3 rings (SSSR count). The lowest BCUT2D eigenvalue weighted by atomic mass is 10.1. The standard InChI is InChI=1S/C18H20N2O2S/c1-13-3-6-16(7-4-13)23(21,22)20-10-9-15-12-19-18-8-5-14(2)11-17(15)18/h3-8,11-12,19-20H,9-10H2,1-2H3. The minimum Gasteiger partial charge on any atom is -0.361 e. The summed E-state index contributed by atoms with van der Waals surface area (Å²) in [5, 5.41) is 1.15. The molecule has 0 bridgehead atoms. The Kier molecular flexibility index (Phi) is 4.24. The van der Waals surface area contributed by atoms with Gasteiger partial charge >= 0.3 is 0 Å². The van der Waals surface area contributed by atoms with Gasteiger partial charge in [-0.25, -0.2) is 13.1 Å². The van der Waals surface area contributed by atoms with Crippen LogP contribution in [-0.2, 0) is 16.4 Å². The molecule has 0 unspecified atom stereocenters. The van der Waals surface area contributed by atoms with Crippen LogP contribution in [0.2, 0.25) is 0 Å². The van der Waals surface area contributed by atoms with Gasteiger partial charge < -0.3 is 4.98 Å². The zero-order valence-electron chi connectivity index (χ0n) is 13.3. The minimum atomic E-state index is -3.45. The third-order valence-electron chi connectivity index (χ3n) is 3.94. The normalized spacial score (nSPS) is 11.9. The monoisotopic (exact) mass is 328 g/mol. The Morgan fingerprint density at radius 2 is 1.70 bits per heavy atom. The van der Waals surface area contributed by atoms with Gasteiger partial charge in [-0.05, 0) is 50.1 Å². The lowest BCUT2D eigenvalue weighted by Gasteiger charge is -2.07. The molecule has 2 N–H and O–H groups in total. The number of nitrogens with one attached hydrogen (secondary N) is 2. The average Bonchev–Trinajstić information content (AvgIpc) is 2.90. The van der Waals surface area contributed by atoms with Gasteiger partial charge in [-0.2, -0.15) is 0 Å². The van der Waals surface area contributed by atoms with Crippen LogP contribution in [0.3, 0.4) is 0 Å². The SMILES string of the molecule is Cc1ccc(S(=O)(=O)NCCc2c[nH]c3ccc(C)cc23)cc1. The molecule has 0 saturated carbocycles. The van der Waals surface area contributed by atoms with Crippen molar-refractivity contribution in [2.45, 2.75) is 25.2 Å². The van der Waals surface area contributed by atoms with Gasteiger partial charge in [0, 0.05) is 23.6 Å². The molecule has 0 radical (unpaired) electrons. The van der Waals surface area contributed by atoms with Crippen molar-refractivity contribution in [3.8, 4) is 0 Å². The Morgan fingerprint density at radius 1 is 1.00 bits per heavy atom. The number of aromatic nitrogens is 1. The molecule has 0 saturated heterocycles. The van der Waals surface area contributed by atoms with Crippen LogP contribution in [0.4, 0.5) is 0 Å². The number of rotatable bonds is 5. The summed E-state index contributed by atoms with van der Waals surface area (Å²) in [6, 6.07) is 13.1. The topological polar surface area (TPSA) is 62.0 Å². The maximum Gasteiger partial charge on any atom is 0.240 e. The largest absolute Gasteiger partial charge is 0.361 e. The second kappa shape index (κ2) is 6.18. The quantitative estimate of drug-likeness (QED) is 0.755. The van der Waals surface area contributed by atoms with Gasteiger partial charge in [0.05, 0.1) is 4.90 Å². The van der Waals surface area contributed by atoms with Crippen molar-refractivity contribution in [2.75, 3.05) is 6.54 Å². The van der Waals surface area contributed by atoms with Crippen molar-refractivity contribution in [3.63, 3.8) is 0 Å². The second-order valence-electron chi connectivity index (χ2n) is 5.82. The van der Waals surface area contributed by atoms with Gasteiger partial charge in [-0.3, -0.25) is 0 Å². The molecule has 0 fully saturated rings. The van der Waals surface area contributed by atoms with Gasteiger partial charge in [-0.15, -0.1) is 0 Å². The van der Waals surface area contributed by atoms with E-state index in [9.17, 15) is 8.42 Å². The van der Waals surface area contributed by atoms with E-state index in [0.29, 0.717) is 17.9 Å². The van der Waals surface area contributed by atoms with E-state index in [4.69, 9.17) is 0 Å². The molecule has 23 heavy (non-hydrogen) atoms. The van der Waals surface area contributed by atoms with E-state index < -0.39 is 10.0 Å². The molecule has 0 spiro atoms. The predicted octanol–water partition coefficient (Wildman–Crippen LogP) is 3.31. The number of H-pyrrole nitrogens is 1. The summed E-state index contributed by atoms with van der Waals surface area (Å²) in [6.45, 7) is 4.36. The highest BCUT2D eigenvalue weighted by Gasteiger charge is 2.13. The van der Waals surface area contributed by atoms with Crippen molar-refractivity contribution < 1.29 is 8.42 Å². The molecule has 0 aliphatic heterocycles. The van der Waals surface area contributed by atoms with E-state index in [2.05, 4.69) is 28.8 Å². The number of aryl methyl sites for hydroxylation is 2. The molecule has 1 heterocycles. The number of fused-ring (bicyclic) bond motifs is 1. The highest BCUT2D eigenvalue weighted by Crippen LogP contribution is 2.20. The van der Waals surface area contributed by atoms with Gasteiger partial charge in [0.15, 0.2) is 0 Å². The summed E-state index contributed by atoms with van der Waals surface area (Å²) in [5.41, 5.74) is 4.43. The van der Waals surface area contributed by atoms with Crippen LogP contribution in [0.5, 0.6) is 0 Å². The van der Waals surface area contributed by atoms with Crippen LogP contribution in [0.15, 0.2) is 53.6 Å². The lowest BCUT2D eigenvalue weighted by molar-refractivity contribution is 0.581. The summed E-state index contributed by atoms with van der Waals surface area (Å²) in [7, 11) is -3.45. The van der Waals surface area contributed by atoms with Crippen molar-refractivity contribution in [1.29, 1.82) is 0 Å². The Labute approximate surface area is 136 Å². The van der Waals surface area contributed by atoms with Crippen LogP contribution in [-0.4, -0.2) is 19.9 Å². The first-order valence-electron chi connectivity index (χ1n) is 7.59. The predicted molar refractivity (Wildman–Crippen MR) is 93.1 cm³/mol. The second-order valence-corrected chi connectivity index (χ2v) is 7.59. The van der Waals surface area contributed by atoms with Crippen LogP contribution in [0.25, 0.3) is 10.9 Å².